The zero-order valence-corrected chi connectivity index (χ0v) is 11.8. The fourth-order valence-corrected chi connectivity index (χ4v) is 1.91. The van der Waals surface area contributed by atoms with Crippen LogP contribution >= 0.6 is 0 Å². The van der Waals surface area contributed by atoms with Gasteiger partial charge in [-0.3, -0.25) is 0 Å². The van der Waals surface area contributed by atoms with E-state index in [-0.39, 0.29) is 12.0 Å². The predicted octanol–water partition coefficient (Wildman–Crippen LogP) is 3.16. The van der Waals surface area contributed by atoms with Gasteiger partial charge in [0.15, 0.2) is 0 Å². The van der Waals surface area contributed by atoms with Crippen molar-refractivity contribution in [3.63, 3.8) is 0 Å². The second-order valence-electron chi connectivity index (χ2n) is 4.46. The minimum atomic E-state index is -0.243. The van der Waals surface area contributed by atoms with Crippen LogP contribution < -0.4 is 4.90 Å². The summed E-state index contributed by atoms with van der Waals surface area (Å²) in [6.07, 6.45) is 0.998. The molecule has 1 rings (SSSR count). The van der Waals surface area contributed by atoms with Crippen LogP contribution in [0.4, 0.5) is 5.69 Å². The Bertz CT molecular complexity index is 373. The normalized spacial score (nSPS) is 12.0. The molecule has 18 heavy (non-hydrogen) atoms. The summed E-state index contributed by atoms with van der Waals surface area (Å²) in [5.74, 6) is -0.161. The van der Waals surface area contributed by atoms with Crippen LogP contribution in [0, 0.1) is 6.92 Å². The maximum absolute atomic E-state index is 11.8. The van der Waals surface area contributed by atoms with E-state index in [1.165, 1.54) is 5.56 Å². The third kappa shape index (κ3) is 3.76. The van der Waals surface area contributed by atoms with E-state index in [1.54, 1.807) is 0 Å². The maximum atomic E-state index is 11.8. The van der Waals surface area contributed by atoms with Crippen molar-refractivity contribution in [2.24, 2.45) is 0 Å². The molecule has 0 aliphatic heterocycles. The van der Waals surface area contributed by atoms with Crippen LogP contribution in [0.25, 0.3) is 0 Å². The number of hydrogen-bond acceptors (Lipinski definition) is 3. The van der Waals surface area contributed by atoms with Gasteiger partial charge in [0.2, 0.25) is 0 Å². The number of benzene rings is 1. The molecule has 0 saturated heterocycles. The zero-order chi connectivity index (χ0) is 13.5. The molecular weight excluding hydrogens is 226 g/mol. The van der Waals surface area contributed by atoms with E-state index in [9.17, 15) is 4.79 Å². The van der Waals surface area contributed by atoms with E-state index >= 15 is 0 Å². The van der Waals surface area contributed by atoms with Crippen LogP contribution in [0.15, 0.2) is 24.3 Å². The highest BCUT2D eigenvalue weighted by atomic mass is 16.5. The molecule has 0 N–H and O–H groups in total. The van der Waals surface area contributed by atoms with Crippen molar-refractivity contribution in [1.29, 1.82) is 0 Å². The fraction of sp³-hybridized carbons (Fsp3) is 0.533. The Hall–Kier alpha value is -1.51. The molecule has 3 heteroatoms. The van der Waals surface area contributed by atoms with E-state index in [1.807, 2.05) is 13.8 Å². The topological polar surface area (TPSA) is 29.5 Å². The summed E-state index contributed by atoms with van der Waals surface area (Å²) in [7, 11) is 0. The first-order valence-electron chi connectivity index (χ1n) is 6.60. The lowest BCUT2D eigenvalue weighted by molar-refractivity contribution is -0.144. The molecule has 0 aliphatic rings. The first-order chi connectivity index (χ1) is 8.60. The van der Waals surface area contributed by atoms with Gasteiger partial charge in [-0.05, 0) is 39.3 Å². The first-order valence-corrected chi connectivity index (χ1v) is 6.60. The quantitative estimate of drug-likeness (QED) is 0.725. The van der Waals surface area contributed by atoms with Gasteiger partial charge >= 0.3 is 5.97 Å². The number of aryl methyl sites for hydroxylation is 1. The molecule has 3 nitrogen and oxygen atoms in total. The molecule has 0 spiro atoms. The highest BCUT2D eigenvalue weighted by Crippen LogP contribution is 2.19. The highest BCUT2D eigenvalue weighted by molar-refractivity contribution is 5.79. The van der Waals surface area contributed by atoms with Gasteiger partial charge in [-0.1, -0.05) is 24.6 Å². The largest absolute Gasteiger partial charge is 0.464 e. The van der Waals surface area contributed by atoms with Crippen LogP contribution in [0.3, 0.4) is 0 Å². The van der Waals surface area contributed by atoms with Crippen LogP contribution in [-0.2, 0) is 9.53 Å². The Kier molecular flexibility index (Phi) is 5.69. The minimum absolute atomic E-state index is 0.161. The first kappa shape index (κ1) is 14.6. The smallest absolute Gasteiger partial charge is 0.328 e. The van der Waals surface area contributed by atoms with Crippen molar-refractivity contribution in [2.45, 2.75) is 40.2 Å². The molecular formula is C15H23NO2. The third-order valence-corrected chi connectivity index (χ3v) is 2.93. The Labute approximate surface area is 110 Å². The van der Waals surface area contributed by atoms with Gasteiger partial charge in [0.1, 0.15) is 6.04 Å². The molecule has 1 unspecified atom stereocenters. The lowest BCUT2D eigenvalue weighted by atomic mass is 10.1. The van der Waals surface area contributed by atoms with Crippen LogP contribution in [0.5, 0.6) is 0 Å². The molecule has 0 amide bonds. The second-order valence-corrected chi connectivity index (χ2v) is 4.46. The number of carbonyl (C=O) groups is 1. The van der Waals surface area contributed by atoms with Gasteiger partial charge < -0.3 is 9.64 Å². The lowest BCUT2D eigenvalue weighted by Crippen LogP contribution is -2.40. The van der Waals surface area contributed by atoms with Crippen LogP contribution in [-0.4, -0.2) is 25.2 Å². The van der Waals surface area contributed by atoms with E-state index in [2.05, 4.69) is 43.0 Å². The maximum Gasteiger partial charge on any atom is 0.328 e. The molecule has 1 atom stereocenters. The monoisotopic (exact) mass is 249 g/mol. The molecule has 1 aromatic carbocycles. The number of rotatable bonds is 6. The van der Waals surface area contributed by atoms with Gasteiger partial charge in [-0.25, -0.2) is 4.79 Å². The Morgan fingerprint density at radius 3 is 2.39 bits per heavy atom. The number of anilines is 1. The van der Waals surface area contributed by atoms with Crippen molar-refractivity contribution in [3.8, 4) is 0 Å². The molecule has 0 radical (unpaired) electrons. The zero-order valence-electron chi connectivity index (χ0n) is 11.8. The SMILES string of the molecule is CCCN(c1ccc(C)cc1)C(C)C(=O)OCC. The molecule has 0 heterocycles. The van der Waals surface area contributed by atoms with Gasteiger partial charge in [0.25, 0.3) is 0 Å². The molecule has 0 bridgehead atoms. The predicted molar refractivity (Wildman–Crippen MR) is 74.9 cm³/mol. The average Bonchev–Trinajstić information content (AvgIpc) is 2.37. The molecule has 0 saturated carbocycles. The Morgan fingerprint density at radius 1 is 1.28 bits per heavy atom. The number of carbonyl (C=O) groups excluding carboxylic acids is 1. The summed E-state index contributed by atoms with van der Waals surface area (Å²) in [6, 6.07) is 8.00. The summed E-state index contributed by atoms with van der Waals surface area (Å²) in [5.41, 5.74) is 2.29. The standard InChI is InChI=1S/C15H23NO2/c1-5-11-16(13(4)15(17)18-6-2)14-9-7-12(3)8-10-14/h7-10,13H,5-6,11H2,1-4H3. The van der Waals surface area contributed by atoms with Gasteiger partial charge in [-0.15, -0.1) is 0 Å². The van der Waals surface area contributed by atoms with Crippen molar-refractivity contribution in [3.05, 3.63) is 29.8 Å². The summed E-state index contributed by atoms with van der Waals surface area (Å²) in [6.45, 7) is 9.18. The molecule has 1 aromatic rings. The minimum Gasteiger partial charge on any atom is -0.464 e. The summed E-state index contributed by atoms with van der Waals surface area (Å²) in [5, 5.41) is 0. The number of nitrogens with zero attached hydrogens (tertiary/aromatic N) is 1. The van der Waals surface area contributed by atoms with Crippen molar-refractivity contribution in [2.75, 3.05) is 18.1 Å². The third-order valence-electron chi connectivity index (χ3n) is 2.93. The van der Waals surface area contributed by atoms with E-state index in [0.29, 0.717) is 6.61 Å². The van der Waals surface area contributed by atoms with E-state index in [0.717, 1.165) is 18.7 Å². The fourth-order valence-electron chi connectivity index (χ4n) is 1.91. The number of hydrogen-bond donors (Lipinski definition) is 0. The van der Waals surface area contributed by atoms with E-state index < -0.39 is 0 Å². The molecule has 0 aromatic heterocycles. The van der Waals surface area contributed by atoms with Crippen molar-refractivity contribution in [1.82, 2.24) is 0 Å². The molecule has 0 fully saturated rings. The molecule has 0 aliphatic carbocycles. The van der Waals surface area contributed by atoms with Crippen molar-refractivity contribution < 1.29 is 9.53 Å². The molecule has 100 valence electrons. The Morgan fingerprint density at radius 2 is 1.89 bits per heavy atom. The van der Waals surface area contributed by atoms with Crippen LogP contribution in [0.2, 0.25) is 0 Å². The van der Waals surface area contributed by atoms with E-state index in [4.69, 9.17) is 4.74 Å². The highest BCUT2D eigenvalue weighted by Gasteiger charge is 2.21. The number of ether oxygens (including phenoxy) is 1. The van der Waals surface area contributed by atoms with Crippen LogP contribution in [0.1, 0.15) is 32.8 Å². The summed E-state index contributed by atoms with van der Waals surface area (Å²) < 4.78 is 5.10. The average molecular weight is 249 g/mol. The summed E-state index contributed by atoms with van der Waals surface area (Å²) >= 11 is 0. The van der Waals surface area contributed by atoms with Gasteiger partial charge in [0.05, 0.1) is 6.61 Å². The number of esters is 1. The second kappa shape index (κ2) is 7.04. The van der Waals surface area contributed by atoms with Gasteiger partial charge in [-0.2, -0.15) is 0 Å². The summed E-state index contributed by atoms with van der Waals surface area (Å²) in [4.78, 5) is 13.9. The van der Waals surface area contributed by atoms with Crippen molar-refractivity contribution >= 4 is 11.7 Å². The Balaban J connectivity index is 2.87. The lowest BCUT2D eigenvalue weighted by Gasteiger charge is -2.29. The van der Waals surface area contributed by atoms with Gasteiger partial charge in [0, 0.05) is 12.2 Å².